The number of hydrogen-bond donors (Lipinski definition) is 0. The molecule has 0 saturated carbocycles. The van der Waals surface area contributed by atoms with Gasteiger partial charge in [-0.3, -0.25) is 14.6 Å². The number of carbonyl (C=O) groups excluding carboxylic acids is 2. The van der Waals surface area contributed by atoms with Gasteiger partial charge in [0.2, 0.25) is 5.91 Å². The fourth-order valence-corrected chi connectivity index (χ4v) is 4.31. The molecule has 0 spiro atoms. The Bertz CT molecular complexity index is 677. The number of rotatable bonds is 7. The molecule has 7 heteroatoms. The summed E-state index contributed by atoms with van der Waals surface area (Å²) in [6, 6.07) is 10.1. The van der Waals surface area contributed by atoms with E-state index in [-0.39, 0.29) is 24.1 Å². The Morgan fingerprint density at radius 3 is 2.64 bits per heavy atom. The lowest BCUT2D eigenvalue weighted by Crippen LogP contribution is -2.42. The molecule has 4 rings (SSSR count). The molecule has 0 N–H and O–H groups in total. The summed E-state index contributed by atoms with van der Waals surface area (Å²) in [5, 5.41) is 0. The fourth-order valence-electron chi connectivity index (χ4n) is 4.31. The second-order valence-electron chi connectivity index (χ2n) is 7.77. The van der Waals surface area contributed by atoms with Gasteiger partial charge in [-0.05, 0) is 18.4 Å². The van der Waals surface area contributed by atoms with Crippen LogP contribution in [0.5, 0.6) is 0 Å². The average molecular weight is 387 g/mol. The van der Waals surface area contributed by atoms with Crippen LogP contribution in [-0.2, 0) is 20.7 Å². The molecule has 1 aromatic rings. The number of aryl methyl sites for hydroxylation is 1. The first-order chi connectivity index (χ1) is 13.7. The van der Waals surface area contributed by atoms with Crippen LogP contribution in [0.1, 0.15) is 18.4 Å². The standard InChI is InChI=1S/C21H29N3O4/c25-20(8-7-17-5-2-1-3-6-17)23-15-18-19(16-23)28-21(26)24(18)10-4-9-22-11-13-27-14-12-22/h1-3,5-6,18-19H,4,7-16H2/t18-,19+/m0/s1. The van der Waals surface area contributed by atoms with Gasteiger partial charge in [0.05, 0.1) is 25.8 Å². The van der Waals surface area contributed by atoms with Gasteiger partial charge in [-0.2, -0.15) is 0 Å². The van der Waals surface area contributed by atoms with Crippen LogP contribution in [0, 0.1) is 0 Å². The first kappa shape index (κ1) is 19.2. The van der Waals surface area contributed by atoms with Gasteiger partial charge < -0.3 is 14.4 Å². The Labute approximate surface area is 166 Å². The highest BCUT2D eigenvalue weighted by atomic mass is 16.6. The van der Waals surface area contributed by atoms with Crippen LogP contribution in [0.4, 0.5) is 4.79 Å². The van der Waals surface area contributed by atoms with Crippen molar-refractivity contribution in [1.82, 2.24) is 14.7 Å². The first-order valence-electron chi connectivity index (χ1n) is 10.3. The zero-order chi connectivity index (χ0) is 19.3. The van der Waals surface area contributed by atoms with Gasteiger partial charge in [0.25, 0.3) is 0 Å². The molecule has 0 aromatic heterocycles. The third kappa shape index (κ3) is 4.47. The lowest BCUT2D eigenvalue weighted by Gasteiger charge is -2.28. The zero-order valence-electron chi connectivity index (χ0n) is 16.3. The molecular weight excluding hydrogens is 358 g/mol. The van der Waals surface area contributed by atoms with Crippen molar-refractivity contribution in [3.05, 3.63) is 35.9 Å². The Kier molecular flexibility index (Phi) is 6.12. The van der Waals surface area contributed by atoms with Crippen LogP contribution < -0.4 is 0 Å². The molecule has 0 unspecified atom stereocenters. The van der Waals surface area contributed by atoms with Crippen LogP contribution in [0.25, 0.3) is 0 Å². The number of ether oxygens (including phenoxy) is 2. The van der Waals surface area contributed by atoms with E-state index in [1.54, 1.807) is 0 Å². The highest BCUT2D eigenvalue weighted by molar-refractivity contribution is 5.78. The minimum Gasteiger partial charge on any atom is -0.442 e. The summed E-state index contributed by atoms with van der Waals surface area (Å²) in [5.74, 6) is 0.141. The smallest absolute Gasteiger partial charge is 0.410 e. The summed E-state index contributed by atoms with van der Waals surface area (Å²) in [6.07, 6.45) is 1.74. The minimum absolute atomic E-state index is 0.00198. The van der Waals surface area contributed by atoms with Crippen LogP contribution in [0.15, 0.2) is 30.3 Å². The second-order valence-corrected chi connectivity index (χ2v) is 7.77. The van der Waals surface area contributed by atoms with Crippen molar-refractivity contribution < 1.29 is 19.1 Å². The van der Waals surface area contributed by atoms with E-state index in [2.05, 4.69) is 4.90 Å². The number of likely N-dealkylation sites (tertiary alicyclic amines) is 1. The molecule has 0 radical (unpaired) electrons. The van der Waals surface area contributed by atoms with Crippen molar-refractivity contribution in [3.63, 3.8) is 0 Å². The van der Waals surface area contributed by atoms with Crippen LogP contribution in [-0.4, -0.2) is 91.3 Å². The lowest BCUT2D eigenvalue weighted by molar-refractivity contribution is -0.130. The predicted octanol–water partition coefficient (Wildman–Crippen LogP) is 1.37. The Morgan fingerprint density at radius 2 is 1.86 bits per heavy atom. The molecule has 3 fully saturated rings. The number of carbonyl (C=O) groups is 2. The van der Waals surface area contributed by atoms with E-state index in [0.717, 1.165) is 45.7 Å². The van der Waals surface area contributed by atoms with Gasteiger partial charge in [-0.15, -0.1) is 0 Å². The SMILES string of the molecule is O=C(CCc1ccccc1)N1C[C@H]2OC(=O)N(CCCN3CCOCC3)[C@H]2C1. The van der Waals surface area contributed by atoms with Gasteiger partial charge in [-0.25, -0.2) is 4.79 Å². The van der Waals surface area contributed by atoms with E-state index in [4.69, 9.17) is 9.47 Å². The molecule has 0 aliphatic carbocycles. The molecule has 7 nitrogen and oxygen atoms in total. The molecule has 3 saturated heterocycles. The Hall–Kier alpha value is -2.12. The first-order valence-corrected chi connectivity index (χ1v) is 10.3. The quantitative estimate of drug-likeness (QED) is 0.707. The van der Waals surface area contributed by atoms with Crippen molar-refractivity contribution >= 4 is 12.0 Å². The largest absolute Gasteiger partial charge is 0.442 e. The summed E-state index contributed by atoms with van der Waals surface area (Å²) in [5.41, 5.74) is 1.17. The Balaban J connectivity index is 1.24. The van der Waals surface area contributed by atoms with Crippen molar-refractivity contribution in [2.45, 2.75) is 31.4 Å². The summed E-state index contributed by atoms with van der Waals surface area (Å²) in [7, 11) is 0. The number of fused-ring (bicyclic) bond motifs is 1. The van der Waals surface area contributed by atoms with E-state index in [9.17, 15) is 9.59 Å². The van der Waals surface area contributed by atoms with Crippen molar-refractivity contribution in [2.24, 2.45) is 0 Å². The molecule has 2 amide bonds. The predicted molar refractivity (Wildman–Crippen MR) is 104 cm³/mol. The highest BCUT2D eigenvalue weighted by Gasteiger charge is 2.48. The van der Waals surface area contributed by atoms with Crippen molar-refractivity contribution in [3.8, 4) is 0 Å². The van der Waals surface area contributed by atoms with Crippen LogP contribution in [0.2, 0.25) is 0 Å². The molecule has 1 aromatic carbocycles. The molecule has 0 bridgehead atoms. The topological polar surface area (TPSA) is 62.3 Å². The second kappa shape index (κ2) is 8.92. The fraction of sp³-hybridized carbons (Fsp3) is 0.619. The summed E-state index contributed by atoms with van der Waals surface area (Å²) >= 11 is 0. The molecule has 28 heavy (non-hydrogen) atoms. The normalized spacial score (nSPS) is 25.1. The molecule has 152 valence electrons. The monoisotopic (exact) mass is 387 g/mol. The van der Waals surface area contributed by atoms with E-state index in [0.29, 0.717) is 26.1 Å². The van der Waals surface area contributed by atoms with Gasteiger partial charge in [0, 0.05) is 39.1 Å². The van der Waals surface area contributed by atoms with E-state index in [1.165, 1.54) is 5.56 Å². The molecular formula is C21H29N3O4. The van der Waals surface area contributed by atoms with Crippen LogP contribution >= 0.6 is 0 Å². The van der Waals surface area contributed by atoms with Gasteiger partial charge in [-0.1, -0.05) is 30.3 Å². The Morgan fingerprint density at radius 1 is 1.07 bits per heavy atom. The lowest BCUT2D eigenvalue weighted by atomic mass is 10.1. The minimum atomic E-state index is -0.228. The van der Waals surface area contributed by atoms with Crippen molar-refractivity contribution in [2.75, 3.05) is 52.5 Å². The van der Waals surface area contributed by atoms with Gasteiger partial charge in [0.15, 0.2) is 0 Å². The number of benzene rings is 1. The maximum Gasteiger partial charge on any atom is 0.410 e. The number of hydrogen-bond acceptors (Lipinski definition) is 5. The number of amides is 2. The molecule has 3 aliphatic heterocycles. The molecule has 3 heterocycles. The number of morpholine rings is 1. The maximum absolute atomic E-state index is 12.6. The third-order valence-electron chi connectivity index (χ3n) is 5.92. The average Bonchev–Trinajstić information content (AvgIpc) is 3.26. The maximum atomic E-state index is 12.6. The molecule has 2 atom stereocenters. The van der Waals surface area contributed by atoms with Gasteiger partial charge >= 0.3 is 6.09 Å². The summed E-state index contributed by atoms with van der Waals surface area (Å²) < 4.78 is 10.9. The summed E-state index contributed by atoms with van der Waals surface area (Å²) in [6.45, 7) is 6.24. The third-order valence-corrected chi connectivity index (χ3v) is 5.92. The zero-order valence-corrected chi connectivity index (χ0v) is 16.3. The van der Waals surface area contributed by atoms with Crippen molar-refractivity contribution in [1.29, 1.82) is 0 Å². The summed E-state index contributed by atoms with van der Waals surface area (Å²) in [4.78, 5) is 30.9. The molecule has 3 aliphatic rings. The van der Waals surface area contributed by atoms with Crippen LogP contribution in [0.3, 0.4) is 0 Å². The van der Waals surface area contributed by atoms with E-state index >= 15 is 0 Å². The highest BCUT2D eigenvalue weighted by Crippen LogP contribution is 2.27. The van der Waals surface area contributed by atoms with E-state index in [1.807, 2.05) is 40.1 Å². The van der Waals surface area contributed by atoms with Gasteiger partial charge in [0.1, 0.15) is 6.10 Å². The van der Waals surface area contributed by atoms with E-state index < -0.39 is 0 Å². The number of nitrogens with zero attached hydrogens (tertiary/aromatic N) is 3.